The van der Waals surface area contributed by atoms with Crippen molar-refractivity contribution in [2.75, 3.05) is 19.7 Å². The summed E-state index contributed by atoms with van der Waals surface area (Å²) < 4.78 is 5.56. The second-order valence-electron chi connectivity index (χ2n) is 3.91. The molecule has 0 amide bonds. The molecule has 3 nitrogen and oxygen atoms in total. The van der Waals surface area contributed by atoms with Gasteiger partial charge in [0.1, 0.15) is 0 Å². The minimum Gasteiger partial charge on any atom is -0.376 e. The summed E-state index contributed by atoms with van der Waals surface area (Å²) in [7, 11) is 0. The number of rotatable bonds is 7. The first-order chi connectivity index (χ1) is 8.27. The Bertz CT molecular complexity index is 320. The number of hydrogen-bond acceptors (Lipinski definition) is 2. The van der Waals surface area contributed by atoms with Gasteiger partial charge in [-0.25, -0.2) is 0 Å². The van der Waals surface area contributed by atoms with E-state index in [4.69, 9.17) is 10.1 Å². The largest absolute Gasteiger partial charge is 0.376 e. The highest BCUT2D eigenvalue weighted by molar-refractivity contribution is 5.79. The van der Waals surface area contributed by atoms with Crippen LogP contribution in [0.25, 0.3) is 0 Å². The zero-order valence-corrected chi connectivity index (χ0v) is 10.8. The Kier molecular flexibility index (Phi) is 6.33. The van der Waals surface area contributed by atoms with E-state index in [-0.39, 0.29) is 0 Å². The Balaban J connectivity index is 2.18. The molecule has 0 saturated heterocycles. The van der Waals surface area contributed by atoms with Crippen LogP contribution < -0.4 is 0 Å². The quantitative estimate of drug-likeness (QED) is 0.447. The van der Waals surface area contributed by atoms with E-state index >= 15 is 0 Å². The first-order valence-corrected chi connectivity index (χ1v) is 6.22. The number of benzene rings is 1. The Morgan fingerprint density at radius 1 is 1.18 bits per heavy atom. The van der Waals surface area contributed by atoms with E-state index in [1.807, 2.05) is 23.1 Å². The molecule has 0 aliphatic heterocycles. The SMILES string of the molecule is CCN(CC)C(=N)CCOCc1ccccc1. The number of hydrogen-bond donors (Lipinski definition) is 1. The molecule has 0 fully saturated rings. The summed E-state index contributed by atoms with van der Waals surface area (Å²) >= 11 is 0. The van der Waals surface area contributed by atoms with E-state index in [9.17, 15) is 0 Å². The van der Waals surface area contributed by atoms with Crippen molar-refractivity contribution >= 4 is 5.84 Å². The minimum absolute atomic E-state index is 0.615. The van der Waals surface area contributed by atoms with Crippen molar-refractivity contribution in [3.8, 4) is 0 Å². The normalized spacial score (nSPS) is 10.2. The van der Waals surface area contributed by atoms with Crippen molar-refractivity contribution in [3.63, 3.8) is 0 Å². The predicted molar refractivity (Wildman–Crippen MR) is 71.4 cm³/mol. The third kappa shape index (κ3) is 5.00. The zero-order chi connectivity index (χ0) is 12.5. The van der Waals surface area contributed by atoms with Gasteiger partial charge < -0.3 is 9.64 Å². The van der Waals surface area contributed by atoms with Crippen LogP contribution >= 0.6 is 0 Å². The van der Waals surface area contributed by atoms with Crippen LogP contribution in [-0.4, -0.2) is 30.4 Å². The van der Waals surface area contributed by atoms with Gasteiger partial charge in [-0.05, 0) is 19.4 Å². The number of ether oxygens (including phenoxy) is 1. The van der Waals surface area contributed by atoms with Crippen LogP contribution in [-0.2, 0) is 11.3 Å². The summed E-state index contributed by atoms with van der Waals surface area (Å²) in [4.78, 5) is 2.05. The fourth-order valence-corrected chi connectivity index (χ4v) is 1.70. The van der Waals surface area contributed by atoms with Crippen LogP contribution in [0.1, 0.15) is 25.8 Å². The van der Waals surface area contributed by atoms with Crippen molar-refractivity contribution in [2.45, 2.75) is 26.9 Å². The molecule has 0 aromatic heterocycles. The third-order valence-electron chi connectivity index (χ3n) is 2.74. The minimum atomic E-state index is 0.615. The Hall–Kier alpha value is -1.35. The molecule has 0 unspecified atom stereocenters. The van der Waals surface area contributed by atoms with E-state index < -0.39 is 0 Å². The Labute approximate surface area is 104 Å². The smallest absolute Gasteiger partial charge is 0.0980 e. The van der Waals surface area contributed by atoms with Crippen LogP contribution in [0.2, 0.25) is 0 Å². The molecule has 0 aliphatic carbocycles. The fraction of sp³-hybridized carbons (Fsp3) is 0.500. The Morgan fingerprint density at radius 2 is 1.82 bits per heavy atom. The first kappa shape index (κ1) is 13.7. The third-order valence-corrected chi connectivity index (χ3v) is 2.74. The van der Waals surface area contributed by atoms with Gasteiger partial charge in [0.15, 0.2) is 0 Å². The average Bonchev–Trinajstić information content (AvgIpc) is 2.37. The number of nitrogens with zero attached hydrogens (tertiary/aromatic N) is 1. The van der Waals surface area contributed by atoms with Gasteiger partial charge in [-0.1, -0.05) is 30.3 Å². The molecular weight excluding hydrogens is 212 g/mol. The molecule has 0 bridgehead atoms. The summed E-state index contributed by atoms with van der Waals surface area (Å²) in [6.07, 6.45) is 0.689. The molecule has 0 heterocycles. The van der Waals surface area contributed by atoms with Crippen LogP contribution in [0, 0.1) is 5.41 Å². The average molecular weight is 234 g/mol. The Morgan fingerprint density at radius 3 is 2.41 bits per heavy atom. The van der Waals surface area contributed by atoms with Crippen LogP contribution in [0.15, 0.2) is 30.3 Å². The summed E-state index contributed by atoms with van der Waals surface area (Å²) in [5, 5.41) is 7.87. The molecule has 1 aromatic carbocycles. The molecule has 1 aromatic rings. The van der Waals surface area contributed by atoms with Gasteiger partial charge in [0, 0.05) is 19.5 Å². The van der Waals surface area contributed by atoms with Crippen molar-refractivity contribution in [2.24, 2.45) is 0 Å². The van der Waals surface area contributed by atoms with Crippen molar-refractivity contribution < 1.29 is 4.74 Å². The number of nitrogens with one attached hydrogen (secondary N) is 1. The fourth-order valence-electron chi connectivity index (χ4n) is 1.70. The lowest BCUT2D eigenvalue weighted by Gasteiger charge is -2.21. The van der Waals surface area contributed by atoms with E-state index in [1.54, 1.807) is 0 Å². The van der Waals surface area contributed by atoms with Gasteiger partial charge in [0.25, 0.3) is 0 Å². The van der Waals surface area contributed by atoms with E-state index in [2.05, 4.69) is 26.0 Å². The molecule has 1 rings (SSSR count). The van der Waals surface area contributed by atoms with E-state index in [1.165, 1.54) is 5.56 Å². The molecule has 17 heavy (non-hydrogen) atoms. The monoisotopic (exact) mass is 234 g/mol. The summed E-state index contributed by atoms with van der Waals surface area (Å²) in [5.74, 6) is 0.670. The second kappa shape index (κ2) is 7.85. The molecule has 0 spiro atoms. The maximum atomic E-state index is 7.87. The highest BCUT2D eigenvalue weighted by atomic mass is 16.5. The van der Waals surface area contributed by atoms with Crippen LogP contribution in [0.5, 0.6) is 0 Å². The zero-order valence-electron chi connectivity index (χ0n) is 10.8. The molecule has 1 N–H and O–H groups in total. The molecule has 0 aliphatic rings. The summed E-state index contributed by atoms with van der Waals surface area (Å²) in [6.45, 7) is 7.18. The maximum Gasteiger partial charge on any atom is 0.0980 e. The van der Waals surface area contributed by atoms with Crippen LogP contribution in [0.4, 0.5) is 0 Å². The molecule has 0 atom stereocenters. The molecular formula is C14H22N2O. The van der Waals surface area contributed by atoms with Crippen molar-refractivity contribution in [3.05, 3.63) is 35.9 Å². The van der Waals surface area contributed by atoms with Gasteiger partial charge in [0.2, 0.25) is 0 Å². The van der Waals surface area contributed by atoms with Gasteiger partial charge in [-0.3, -0.25) is 5.41 Å². The summed E-state index contributed by atoms with van der Waals surface area (Å²) in [6, 6.07) is 10.1. The van der Waals surface area contributed by atoms with Gasteiger partial charge >= 0.3 is 0 Å². The van der Waals surface area contributed by atoms with Crippen molar-refractivity contribution in [1.82, 2.24) is 4.90 Å². The lowest BCUT2D eigenvalue weighted by molar-refractivity contribution is 0.125. The molecule has 0 saturated carbocycles. The highest BCUT2D eigenvalue weighted by Crippen LogP contribution is 2.02. The topological polar surface area (TPSA) is 36.3 Å². The first-order valence-electron chi connectivity index (χ1n) is 6.22. The van der Waals surface area contributed by atoms with Crippen molar-refractivity contribution in [1.29, 1.82) is 5.41 Å². The lowest BCUT2D eigenvalue weighted by Crippen LogP contribution is -2.30. The molecule has 3 heteroatoms. The van der Waals surface area contributed by atoms with E-state index in [0.29, 0.717) is 25.5 Å². The maximum absolute atomic E-state index is 7.87. The highest BCUT2D eigenvalue weighted by Gasteiger charge is 2.04. The van der Waals surface area contributed by atoms with E-state index in [0.717, 1.165) is 13.1 Å². The van der Waals surface area contributed by atoms with Gasteiger partial charge in [-0.15, -0.1) is 0 Å². The lowest BCUT2D eigenvalue weighted by atomic mass is 10.2. The summed E-state index contributed by atoms with van der Waals surface area (Å²) in [5.41, 5.74) is 1.18. The van der Waals surface area contributed by atoms with Crippen LogP contribution in [0.3, 0.4) is 0 Å². The molecule has 0 radical (unpaired) electrons. The predicted octanol–water partition coefficient (Wildman–Crippen LogP) is 2.91. The molecule has 94 valence electrons. The number of amidine groups is 1. The van der Waals surface area contributed by atoms with Gasteiger partial charge in [0.05, 0.1) is 19.0 Å². The standard InChI is InChI=1S/C14H22N2O/c1-3-16(4-2)14(15)10-11-17-12-13-8-6-5-7-9-13/h5-9,15H,3-4,10-12H2,1-2H3. The second-order valence-corrected chi connectivity index (χ2v) is 3.91. The van der Waals surface area contributed by atoms with Gasteiger partial charge in [-0.2, -0.15) is 0 Å².